The highest BCUT2D eigenvalue weighted by Crippen LogP contribution is 2.40. The molecule has 0 spiro atoms. The summed E-state index contributed by atoms with van der Waals surface area (Å²) in [6.07, 6.45) is 0. The monoisotopic (exact) mass is 455 g/mol. The highest BCUT2D eigenvalue weighted by molar-refractivity contribution is 9.10. The molecule has 3 aromatic carbocycles. The van der Waals surface area contributed by atoms with Crippen LogP contribution in [-0.4, -0.2) is 16.7 Å². The molecule has 0 aliphatic heterocycles. The molecule has 0 heterocycles. The van der Waals surface area contributed by atoms with E-state index in [1.54, 1.807) is 30.3 Å². The summed E-state index contributed by atoms with van der Waals surface area (Å²) >= 11 is 4.73. The zero-order valence-corrected chi connectivity index (χ0v) is 17.5. The number of thioether (sulfide) groups is 1. The minimum Gasteiger partial charge on any atom is -0.286 e. The van der Waals surface area contributed by atoms with E-state index in [2.05, 4.69) is 15.9 Å². The quantitative estimate of drug-likeness (QED) is 0.186. The van der Waals surface area contributed by atoms with Gasteiger partial charge in [-0.05, 0) is 36.8 Å². The minimum atomic E-state index is -1.39. The molecule has 0 bridgehead atoms. The number of hydrogen-bond acceptors (Lipinski definition) is 4. The normalized spacial score (nSPS) is 12.9. The van der Waals surface area contributed by atoms with Crippen LogP contribution in [0.3, 0.4) is 0 Å². The fraction of sp³-hybridized carbons (Fsp3) is 0.136. The summed E-state index contributed by atoms with van der Waals surface area (Å²) in [7, 11) is 0. The zero-order valence-electron chi connectivity index (χ0n) is 15.1. The topological polar surface area (TPSA) is 60.2 Å². The van der Waals surface area contributed by atoms with E-state index in [-0.39, 0.29) is 0 Å². The molecule has 6 heteroatoms. The van der Waals surface area contributed by atoms with Gasteiger partial charge in [0.05, 0.1) is 0 Å². The Kier molecular flexibility index (Phi) is 6.65. The Hall–Kier alpha value is -2.44. The van der Waals surface area contributed by atoms with Gasteiger partial charge in [-0.25, -0.2) is 0 Å². The summed E-state index contributed by atoms with van der Waals surface area (Å²) in [5.74, 6) is -0.488. The molecule has 0 aliphatic rings. The Labute approximate surface area is 176 Å². The highest BCUT2D eigenvalue weighted by Gasteiger charge is 2.40. The Morgan fingerprint density at radius 2 is 1.57 bits per heavy atom. The Bertz CT molecular complexity index is 959. The van der Waals surface area contributed by atoms with Gasteiger partial charge in [-0.3, -0.25) is 14.9 Å². The summed E-state index contributed by atoms with van der Waals surface area (Å²) in [4.78, 5) is 25.5. The van der Waals surface area contributed by atoms with Crippen molar-refractivity contribution in [3.63, 3.8) is 0 Å². The third-order valence-electron chi connectivity index (χ3n) is 4.32. The third kappa shape index (κ3) is 4.88. The van der Waals surface area contributed by atoms with Crippen LogP contribution in [0.15, 0.2) is 88.2 Å². The van der Waals surface area contributed by atoms with Gasteiger partial charge in [0.25, 0.3) is 6.04 Å². The van der Waals surface area contributed by atoms with Gasteiger partial charge in [-0.15, -0.1) is 11.8 Å². The fourth-order valence-corrected chi connectivity index (χ4v) is 4.34. The molecule has 2 unspecified atom stereocenters. The van der Waals surface area contributed by atoms with Crippen LogP contribution in [0.1, 0.15) is 26.7 Å². The van der Waals surface area contributed by atoms with E-state index < -0.39 is 22.0 Å². The Morgan fingerprint density at radius 1 is 0.964 bits per heavy atom. The number of ketones is 1. The van der Waals surface area contributed by atoms with Gasteiger partial charge in [-0.1, -0.05) is 76.1 Å². The maximum absolute atomic E-state index is 13.0. The van der Waals surface area contributed by atoms with Crippen LogP contribution in [-0.2, 0) is 0 Å². The van der Waals surface area contributed by atoms with Gasteiger partial charge >= 0.3 is 0 Å². The molecular weight excluding hydrogens is 438 g/mol. The number of hydrogen-bond donors (Lipinski definition) is 0. The number of carbonyl (C=O) groups is 1. The van der Waals surface area contributed by atoms with Crippen molar-refractivity contribution < 1.29 is 9.72 Å². The number of Topliss-reactive ketones (excluding diaryl/α,β-unsaturated/α-hetero) is 1. The molecule has 0 N–H and O–H groups in total. The molecule has 3 rings (SSSR count). The first-order chi connectivity index (χ1) is 13.5. The Morgan fingerprint density at radius 3 is 2.14 bits per heavy atom. The number of nitro groups is 1. The summed E-state index contributed by atoms with van der Waals surface area (Å²) in [6, 6.07) is 22.1. The standard InChI is InChI=1S/C22H18BrNO3S/c1-15-7-13-19(14-8-15)28-22(17-9-11-18(23)12-10-17)20(24(26)27)21(25)16-5-3-2-4-6-16/h2-14,20,22H,1H3. The molecule has 0 saturated carbocycles. The maximum atomic E-state index is 13.0. The lowest BCUT2D eigenvalue weighted by Gasteiger charge is -2.20. The second-order valence-corrected chi connectivity index (χ2v) is 8.49. The van der Waals surface area contributed by atoms with Crippen LogP contribution in [0.2, 0.25) is 0 Å². The lowest BCUT2D eigenvalue weighted by Crippen LogP contribution is -2.34. The predicted octanol–water partition coefficient (Wildman–Crippen LogP) is 6.12. The number of rotatable bonds is 7. The first kappa shape index (κ1) is 20.3. The van der Waals surface area contributed by atoms with Gasteiger partial charge in [-0.2, -0.15) is 0 Å². The van der Waals surface area contributed by atoms with Crippen LogP contribution >= 0.6 is 27.7 Å². The van der Waals surface area contributed by atoms with Crippen molar-refractivity contribution in [2.45, 2.75) is 23.1 Å². The molecule has 0 saturated heterocycles. The van der Waals surface area contributed by atoms with Gasteiger partial charge in [0.1, 0.15) is 5.25 Å². The van der Waals surface area contributed by atoms with Crippen molar-refractivity contribution in [1.82, 2.24) is 0 Å². The van der Waals surface area contributed by atoms with Crippen molar-refractivity contribution in [2.24, 2.45) is 0 Å². The first-order valence-electron chi connectivity index (χ1n) is 8.67. The van der Waals surface area contributed by atoms with Crippen LogP contribution in [0.5, 0.6) is 0 Å². The van der Waals surface area contributed by atoms with E-state index in [1.807, 2.05) is 55.5 Å². The molecule has 0 amide bonds. The number of benzene rings is 3. The zero-order chi connectivity index (χ0) is 20.1. The molecule has 142 valence electrons. The number of carbonyl (C=O) groups excluding carboxylic acids is 1. The van der Waals surface area contributed by atoms with Crippen molar-refractivity contribution in [1.29, 1.82) is 0 Å². The summed E-state index contributed by atoms with van der Waals surface area (Å²) < 4.78 is 0.877. The van der Waals surface area contributed by atoms with E-state index in [1.165, 1.54) is 11.8 Å². The molecule has 0 fully saturated rings. The second-order valence-electron chi connectivity index (χ2n) is 6.36. The summed E-state index contributed by atoms with van der Waals surface area (Å²) in [6.45, 7) is 1.99. The van der Waals surface area contributed by atoms with Crippen LogP contribution in [0, 0.1) is 17.0 Å². The van der Waals surface area contributed by atoms with Gasteiger partial charge < -0.3 is 0 Å². The number of nitrogens with zero attached hydrogens (tertiary/aromatic N) is 1. The molecule has 4 nitrogen and oxygen atoms in total. The molecule has 2 atom stereocenters. The average Bonchev–Trinajstić information content (AvgIpc) is 2.70. The largest absolute Gasteiger partial charge is 0.290 e. The average molecular weight is 456 g/mol. The maximum Gasteiger partial charge on any atom is 0.290 e. The van der Waals surface area contributed by atoms with Crippen LogP contribution < -0.4 is 0 Å². The van der Waals surface area contributed by atoms with Crippen LogP contribution in [0.4, 0.5) is 0 Å². The smallest absolute Gasteiger partial charge is 0.286 e. The summed E-state index contributed by atoms with van der Waals surface area (Å²) in [5, 5.41) is 11.3. The van der Waals surface area contributed by atoms with Crippen molar-refractivity contribution in [3.05, 3.63) is 110 Å². The fourth-order valence-electron chi connectivity index (χ4n) is 2.85. The highest BCUT2D eigenvalue weighted by atomic mass is 79.9. The van der Waals surface area contributed by atoms with Gasteiger partial charge in [0, 0.05) is 19.9 Å². The third-order valence-corrected chi connectivity index (χ3v) is 6.18. The SMILES string of the molecule is Cc1ccc(SC(c2ccc(Br)cc2)C(C(=O)c2ccccc2)[N+](=O)[O-])cc1. The van der Waals surface area contributed by atoms with E-state index in [0.29, 0.717) is 5.56 Å². The van der Waals surface area contributed by atoms with E-state index in [0.717, 1.165) is 20.5 Å². The van der Waals surface area contributed by atoms with Gasteiger partial charge in [0.2, 0.25) is 5.78 Å². The van der Waals surface area contributed by atoms with Crippen molar-refractivity contribution in [3.8, 4) is 0 Å². The molecular formula is C22H18BrNO3S. The Balaban J connectivity index is 2.03. The second kappa shape index (κ2) is 9.17. The minimum absolute atomic E-state index is 0.343. The van der Waals surface area contributed by atoms with Gasteiger partial charge in [0.15, 0.2) is 0 Å². The van der Waals surface area contributed by atoms with E-state index in [9.17, 15) is 14.9 Å². The molecule has 0 radical (unpaired) electrons. The first-order valence-corrected chi connectivity index (χ1v) is 10.3. The molecule has 0 aliphatic carbocycles. The summed E-state index contributed by atoms with van der Waals surface area (Å²) in [5.41, 5.74) is 2.19. The molecule has 0 aromatic heterocycles. The predicted molar refractivity (Wildman–Crippen MR) is 115 cm³/mol. The van der Waals surface area contributed by atoms with Crippen LogP contribution in [0.25, 0.3) is 0 Å². The lowest BCUT2D eigenvalue weighted by atomic mass is 9.97. The number of aryl methyl sites for hydroxylation is 1. The lowest BCUT2D eigenvalue weighted by molar-refractivity contribution is -0.505. The van der Waals surface area contributed by atoms with Crippen molar-refractivity contribution in [2.75, 3.05) is 0 Å². The van der Waals surface area contributed by atoms with E-state index in [4.69, 9.17) is 0 Å². The molecule has 28 heavy (non-hydrogen) atoms. The number of halogens is 1. The van der Waals surface area contributed by atoms with Crippen molar-refractivity contribution >= 4 is 33.5 Å². The molecule has 3 aromatic rings. The van der Waals surface area contributed by atoms with E-state index >= 15 is 0 Å².